The van der Waals surface area contributed by atoms with Crippen molar-refractivity contribution in [3.05, 3.63) is 42.0 Å². The van der Waals surface area contributed by atoms with Gasteiger partial charge in [-0.2, -0.15) is 0 Å². The van der Waals surface area contributed by atoms with Crippen molar-refractivity contribution in [1.29, 1.82) is 0 Å². The van der Waals surface area contributed by atoms with E-state index in [9.17, 15) is 9.90 Å². The van der Waals surface area contributed by atoms with Crippen molar-refractivity contribution in [2.24, 2.45) is 0 Å². The highest BCUT2D eigenvalue weighted by Crippen LogP contribution is 2.23. The highest BCUT2D eigenvalue weighted by atomic mass is 16.5. The first-order chi connectivity index (χ1) is 11.2. The summed E-state index contributed by atoms with van der Waals surface area (Å²) in [6, 6.07) is 6.76. The van der Waals surface area contributed by atoms with Gasteiger partial charge in [-0.15, -0.1) is 10.2 Å². The van der Waals surface area contributed by atoms with Crippen LogP contribution >= 0.6 is 0 Å². The number of benzene rings is 1. The first kappa shape index (κ1) is 16.8. The molecule has 2 aromatic rings. The predicted molar refractivity (Wildman–Crippen MR) is 83.9 cm³/mol. The van der Waals surface area contributed by atoms with Gasteiger partial charge in [-0.25, -0.2) is 4.79 Å². The molecule has 0 fully saturated rings. The Morgan fingerprint density at radius 3 is 2.91 bits per heavy atom. The standard InChI is InChI=1S/C15H21N5O3/c1-3-20-10-18-19-14(20)9-17-15(22)16-8-12(21)11-6-4-5-7-13(11)23-2/h4-7,10,12,21H,3,8-9H2,1-2H3,(H2,16,17,22)/t12-/m0/s1. The van der Waals surface area contributed by atoms with Crippen LogP contribution < -0.4 is 15.4 Å². The van der Waals surface area contributed by atoms with E-state index in [0.29, 0.717) is 17.1 Å². The third-order valence-corrected chi connectivity index (χ3v) is 3.40. The molecule has 0 bridgehead atoms. The molecule has 1 heterocycles. The second kappa shape index (κ2) is 8.14. The number of para-hydroxylation sites is 1. The number of hydrogen-bond donors (Lipinski definition) is 3. The molecule has 124 valence electrons. The Hall–Kier alpha value is -2.61. The number of rotatable bonds is 7. The summed E-state index contributed by atoms with van der Waals surface area (Å²) in [4.78, 5) is 11.8. The number of nitrogens with one attached hydrogen (secondary N) is 2. The number of urea groups is 1. The van der Waals surface area contributed by atoms with Crippen molar-refractivity contribution in [3.8, 4) is 5.75 Å². The number of amides is 2. The largest absolute Gasteiger partial charge is 0.496 e. The summed E-state index contributed by atoms with van der Waals surface area (Å²) in [5.41, 5.74) is 0.626. The van der Waals surface area contributed by atoms with Crippen LogP contribution in [0.5, 0.6) is 5.75 Å². The Morgan fingerprint density at radius 1 is 1.39 bits per heavy atom. The summed E-state index contributed by atoms with van der Waals surface area (Å²) in [7, 11) is 1.54. The minimum Gasteiger partial charge on any atom is -0.496 e. The molecular formula is C15H21N5O3. The first-order valence-electron chi connectivity index (χ1n) is 7.35. The molecule has 3 N–H and O–H groups in total. The van der Waals surface area contributed by atoms with Crippen LogP contribution in [0.4, 0.5) is 4.79 Å². The van der Waals surface area contributed by atoms with Crippen molar-refractivity contribution in [3.63, 3.8) is 0 Å². The molecule has 8 heteroatoms. The molecule has 2 amide bonds. The van der Waals surface area contributed by atoms with Crippen LogP contribution in [-0.2, 0) is 13.1 Å². The topological polar surface area (TPSA) is 101 Å². The minimum atomic E-state index is -0.851. The van der Waals surface area contributed by atoms with Gasteiger partial charge in [0, 0.05) is 18.7 Å². The van der Waals surface area contributed by atoms with Crippen LogP contribution in [0, 0.1) is 0 Å². The molecule has 0 saturated carbocycles. The van der Waals surface area contributed by atoms with E-state index in [-0.39, 0.29) is 19.1 Å². The van der Waals surface area contributed by atoms with Gasteiger partial charge in [-0.05, 0) is 13.0 Å². The number of nitrogens with zero attached hydrogens (tertiary/aromatic N) is 3. The normalized spacial score (nSPS) is 11.8. The minimum absolute atomic E-state index is 0.0761. The van der Waals surface area contributed by atoms with Gasteiger partial charge in [0.2, 0.25) is 0 Å². The summed E-state index contributed by atoms with van der Waals surface area (Å²) < 4.78 is 7.03. The van der Waals surface area contributed by atoms with Crippen molar-refractivity contribution in [1.82, 2.24) is 25.4 Å². The van der Waals surface area contributed by atoms with E-state index < -0.39 is 6.10 Å². The molecule has 1 aromatic heterocycles. The summed E-state index contributed by atoms with van der Waals surface area (Å²) >= 11 is 0. The molecule has 1 atom stereocenters. The lowest BCUT2D eigenvalue weighted by Crippen LogP contribution is -2.38. The molecule has 8 nitrogen and oxygen atoms in total. The zero-order valence-electron chi connectivity index (χ0n) is 13.2. The van der Waals surface area contributed by atoms with Crippen molar-refractivity contribution >= 4 is 6.03 Å². The van der Waals surface area contributed by atoms with E-state index in [2.05, 4.69) is 20.8 Å². The lowest BCUT2D eigenvalue weighted by atomic mass is 10.1. The third-order valence-electron chi connectivity index (χ3n) is 3.40. The molecule has 0 aliphatic carbocycles. The van der Waals surface area contributed by atoms with E-state index in [4.69, 9.17) is 4.74 Å². The Balaban J connectivity index is 1.82. The Bertz CT molecular complexity index is 644. The quantitative estimate of drug-likeness (QED) is 0.702. The molecule has 0 unspecified atom stereocenters. The van der Waals surface area contributed by atoms with E-state index in [1.807, 2.05) is 17.6 Å². The van der Waals surface area contributed by atoms with Gasteiger partial charge in [0.25, 0.3) is 0 Å². The zero-order valence-corrected chi connectivity index (χ0v) is 13.2. The average molecular weight is 319 g/mol. The summed E-state index contributed by atoms with van der Waals surface area (Å²) in [6.07, 6.45) is 0.761. The van der Waals surface area contributed by atoms with E-state index in [1.54, 1.807) is 24.5 Å². The number of methoxy groups -OCH3 is 1. The first-order valence-corrected chi connectivity index (χ1v) is 7.35. The number of hydrogen-bond acceptors (Lipinski definition) is 5. The molecule has 0 aliphatic heterocycles. The number of carbonyl (C=O) groups is 1. The van der Waals surface area contributed by atoms with Crippen molar-refractivity contribution in [2.75, 3.05) is 13.7 Å². The van der Waals surface area contributed by atoms with Crippen LogP contribution in [0.15, 0.2) is 30.6 Å². The number of carbonyl (C=O) groups excluding carboxylic acids is 1. The van der Waals surface area contributed by atoms with Crippen molar-refractivity contribution < 1.29 is 14.6 Å². The third kappa shape index (κ3) is 4.43. The molecule has 0 radical (unpaired) electrons. The van der Waals surface area contributed by atoms with Gasteiger partial charge in [-0.1, -0.05) is 18.2 Å². The fraction of sp³-hybridized carbons (Fsp3) is 0.400. The molecule has 1 aromatic carbocycles. The van der Waals surface area contributed by atoms with Gasteiger partial charge >= 0.3 is 6.03 Å². The Morgan fingerprint density at radius 2 is 2.17 bits per heavy atom. The highest BCUT2D eigenvalue weighted by molar-refractivity contribution is 5.73. The Kier molecular flexibility index (Phi) is 5.93. The fourth-order valence-electron chi connectivity index (χ4n) is 2.14. The van der Waals surface area contributed by atoms with Crippen LogP contribution in [0.2, 0.25) is 0 Å². The second-order valence-corrected chi connectivity index (χ2v) is 4.85. The monoisotopic (exact) mass is 319 g/mol. The lowest BCUT2D eigenvalue weighted by Gasteiger charge is -2.15. The zero-order chi connectivity index (χ0) is 16.7. The van der Waals surface area contributed by atoms with Crippen molar-refractivity contribution in [2.45, 2.75) is 26.1 Å². The molecule has 0 spiro atoms. The predicted octanol–water partition coefficient (Wildman–Crippen LogP) is 0.839. The summed E-state index contributed by atoms with van der Waals surface area (Å²) in [5.74, 6) is 1.26. The number of aliphatic hydroxyl groups is 1. The molecule has 0 saturated heterocycles. The van der Waals surface area contributed by atoms with Crippen LogP contribution in [-0.4, -0.2) is 39.6 Å². The van der Waals surface area contributed by atoms with Crippen LogP contribution in [0.1, 0.15) is 24.4 Å². The maximum absolute atomic E-state index is 11.8. The maximum Gasteiger partial charge on any atom is 0.315 e. The van der Waals surface area contributed by atoms with Gasteiger partial charge in [-0.3, -0.25) is 0 Å². The van der Waals surface area contributed by atoms with E-state index in [1.165, 1.54) is 7.11 Å². The summed E-state index contributed by atoms with van der Waals surface area (Å²) in [5, 5.41) is 23.2. The van der Waals surface area contributed by atoms with Crippen LogP contribution in [0.3, 0.4) is 0 Å². The van der Waals surface area contributed by atoms with Gasteiger partial charge in [0.15, 0.2) is 5.82 Å². The van der Waals surface area contributed by atoms with E-state index in [0.717, 1.165) is 6.54 Å². The summed E-state index contributed by atoms with van der Waals surface area (Å²) in [6.45, 7) is 3.05. The average Bonchev–Trinajstić information content (AvgIpc) is 3.05. The lowest BCUT2D eigenvalue weighted by molar-refractivity contribution is 0.169. The SMILES string of the molecule is CCn1cnnc1CNC(=O)NC[C@H](O)c1ccccc1OC. The molecule has 2 rings (SSSR count). The second-order valence-electron chi connectivity index (χ2n) is 4.85. The number of ether oxygens (including phenoxy) is 1. The Labute approximate surface area is 134 Å². The van der Waals surface area contributed by atoms with Gasteiger partial charge < -0.3 is 25.0 Å². The van der Waals surface area contributed by atoms with Gasteiger partial charge in [0.1, 0.15) is 12.1 Å². The maximum atomic E-state index is 11.8. The smallest absolute Gasteiger partial charge is 0.315 e. The number of aryl methyl sites for hydroxylation is 1. The highest BCUT2D eigenvalue weighted by Gasteiger charge is 2.14. The van der Waals surface area contributed by atoms with Gasteiger partial charge in [0.05, 0.1) is 19.8 Å². The molecule has 0 aliphatic rings. The molecule has 23 heavy (non-hydrogen) atoms. The van der Waals surface area contributed by atoms with E-state index >= 15 is 0 Å². The number of aromatic nitrogens is 3. The van der Waals surface area contributed by atoms with Crippen LogP contribution in [0.25, 0.3) is 0 Å². The fourth-order valence-corrected chi connectivity index (χ4v) is 2.14. The molecular weight excluding hydrogens is 298 g/mol. The number of aliphatic hydroxyl groups excluding tert-OH is 1.